The first-order valence-corrected chi connectivity index (χ1v) is 9.33. The first kappa shape index (κ1) is 17.9. The Morgan fingerprint density at radius 1 is 1.04 bits per heavy atom. The Kier molecular flexibility index (Phi) is 5.12. The zero-order chi connectivity index (χ0) is 18.0. The van der Waals surface area contributed by atoms with Gasteiger partial charge in [-0.15, -0.1) is 0 Å². The Morgan fingerprint density at radius 2 is 1.76 bits per heavy atom. The summed E-state index contributed by atoms with van der Waals surface area (Å²) in [6.45, 7) is 2.25. The molecule has 134 valence electrons. The Morgan fingerprint density at radius 3 is 2.44 bits per heavy atom. The van der Waals surface area contributed by atoms with E-state index in [4.69, 9.17) is 16.3 Å². The molecule has 0 unspecified atom stereocenters. The van der Waals surface area contributed by atoms with Crippen molar-refractivity contribution < 1.29 is 21.9 Å². The fraction of sp³-hybridized carbons (Fsp3) is 0.250. The van der Waals surface area contributed by atoms with Gasteiger partial charge >= 0.3 is 0 Å². The molecular weight excluding hydrogens is 374 g/mol. The second-order valence-corrected chi connectivity index (χ2v) is 7.56. The van der Waals surface area contributed by atoms with Crippen LogP contribution in [0, 0.1) is 11.6 Å². The minimum Gasteiger partial charge on any atom is -0.378 e. The van der Waals surface area contributed by atoms with Crippen LogP contribution in [-0.4, -0.2) is 34.7 Å². The van der Waals surface area contributed by atoms with E-state index in [1.54, 1.807) is 12.1 Å². The molecule has 0 bridgehead atoms. The van der Waals surface area contributed by atoms with E-state index in [0.29, 0.717) is 43.1 Å². The molecule has 1 saturated heterocycles. The third-order valence-electron chi connectivity index (χ3n) is 3.76. The number of sulfonamides is 1. The highest BCUT2D eigenvalue weighted by atomic mass is 35.5. The van der Waals surface area contributed by atoms with Gasteiger partial charge in [0.2, 0.25) is 0 Å². The maximum Gasteiger partial charge on any atom is 0.262 e. The molecule has 5 nitrogen and oxygen atoms in total. The van der Waals surface area contributed by atoms with Crippen molar-refractivity contribution in [2.24, 2.45) is 0 Å². The minimum absolute atomic E-state index is 0.263. The molecule has 0 spiro atoms. The molecule has 0 amide bonds. The van der Waals surface area contributed by atoms with E-state index in [1.807, 2.05) is 4.90 Å². The van der Waals surface area contributed by atoms with Crippen molar-refractivity contribution in [3.05, 3.63) is 53.1 Å². The van der Waals surface area contributed by atoms with Gasteiger partial charge in [-0.05, 0) is 36.4 Å². The van der Waals surface area contributed by atoms with E-state index in [1.165, 1.54) is 6.07 Å². The molecule has 1 heterocycles. The van der Waals surface area contributed by atoms with Crippen LogP contribution in [0.3, 0.4) is 0 Å². The zero-order valence-electron chi connectivity index (χ0n) is 13.0. The van der Waals surface area contributed by atoms with Crippen molar-refractivity contribution in [1.29, 1.82) is 0 Å². The fourth-order valence-electron chi connectivity index (χ4n) is 2.52. The summed E-state index contributed by atoms with van der Waals surface area (Å²) in [5, 5.41) is 0.347. The Bertz CT molecular complexity index is 887. The van der Waals surface area contributed by atoms with Crippen molar-refractivity contribution in [2.75, 3.05) is 35.9 Å². The molecule has 3 rings (SSSR count). The van der Waals surface area contributed by atoms with E-state index in [2.05, 4.69) is 4.72 Å². The van der Waals surface area contributed by atoms with Crippen LogP contribution >= 0.6 is 11.6 Å². The molecule has 1 N–H and O–H groups in total. The number of hydrogen-bond acceptors (Lipinski definition) is 4. The SMILES string of the molecule is O=S(=O)(Nc1cc(Cl)ccc1N1CCOCC1)c1ccc(F)c(F)c1. The Labute approximate surface area is 149 Å². The lowest BCUT2D eigenvalue weighted by atomic mass is 10.2. The molecule has 2 aromatic carbocycles. The molecule has 0 aliphatic carbocycles. The van der Waals surface area contributed by atoms with E-state index in [-0.39, 0.29) is 10.6 Å². The van der Waals surface area contributed by atoms with Crippen molar-refractivity contribution >= 4 is 33.0 Å². The largest absolute Gasteiger partial charge is 0.378 e. The lowest BCUT2D eigenvalue weighted by Gasteiger charge is -2.30. The minimum atomic E-state index is -4.10. The van der Waals surface area contributed by atoms with Crippen LogP contribution in [0.1, 0.15) is 0 Å². The third-order valence-corrected chi connectivity index (χ3v) is 5.35. The van der Waals surface area contributed by atoms with Crippen molar-refractivity contribution in [3.8, 4) is 0 Å². The lowest BCUT2D eigenvalue weighted by Crippen LogP contribution is -2.36. The lowest BCUT2D eigenvalue weighted by molar-refractivity contribution is 0.123. The standard InChI is InChI=1S/C16H15ClF2N2O3S/c17-11-1-4-16(21-5-7-24-8-6-21)15(9-11)20-25(22,23)12-2-3-13(18)14(19)10-12/h1-4,9-10,20H,5-8H2. The van der Waals surface area contributed by atoms with Gasteiger partial charge in [-0.1, -0.05) is 11.6 Å². The van der Waals surface area contributed by atoms with Crippen LogP contribution < -0.4 is 9.62 Å². The van der Waals surface area contributed by atoms with Gasteiger partial charge in [0.1, 0.15) is 0 Å². The van der Waals surface area contributed by atoms with Gasteiger partial charge < -0.3 is 9.64 Å². The normalized spacial score (nSPS) is 15.2. The summed E-state index contributed by atoms with van der Waals surface area (Å²) >= 11 is 5.99. The van der Waals surface area contributed by atoms with Crippen molar-refractivity contribution in [3.63, 3.8) is 0 Å². The maximum atomic E-state index is 13.4. The van der Waals surface area contributed by atoms with Crippen LogP contribution in [0.15, 0.2) is 41.3 Å². The molecule has 0 atom stereocenters. The van der Waals surface area contributed by atoms with Crippen molar-refractivity contribution in [1.82, 2.24) is 0 Å². The van der Waals surface area contributed by atoms with Gasteiger partial charge in [0, 0.05) is 18.1 Å². The monoisotopic (exact) mass is 388 g/mol. The summed E-state index contributed by atoms with van der Waals surface area (Å²) in [6.07, 6.45) is 0. The topological polar surface area (TPSA) is 58.6 Å². The Balaban J connectivity index is 1.95. The van der Waals surface area contributed by atoms with E-state index < -0.39 is 21.7 Å². The van der Waals surface area contributed by atoms with Crippen LogP contribution in [0.2, 0.25) is 5.02 Å². The van der Waals surface area contributed by atoms with Gasteiger partial charge in [-0.3, -0.25) is 4.72 Å². The van der Waals surface area contributed by atoms with E-state index >= 15 is 0 Å². The number of hydrogen-bond donors (Lipinski definition) is 1. The van der Waals surface area contributed by atoms with Crippen LogP contribution in [-0.2, 0) is 14.8 Å². The van der Waals surface area contributed by atoms with Crippen LogP contribution in [0.5, 0.6) is 0 Å². The van der Waals surface area contributed by atoms with Crippen LogP contribution in [0.25, 0.3) is 0 Å². The highest BCUT2D eigenvalue weighted by Crippen LogP contribution is 2.31. The number of nitrogens with zero attached hydrogens (tertiary/aromatic N) is 1. The third kappa shape index (κ3) is 4.02. The molecule has 1 aliphatic heterocycles. The summed E-state index contributed by atoms with van der Waals surface area (Å²) in [6, 6.07) is 7.24. The second-order valence-electron chi connectivity index (χ2n) is 5.44. The molecule has 0 radical (unpaired) electrons. The van der Waals surface area contributed by atoms with E-state index in [0.717, 1.165) is 12.1 Å². The molecule has 9 heteroatoms. The van der Waals surface area contributed by atoms with Crippen molar-refractivity contribution in [2.45, 2.75) is 4.90 Å². The number of morpholine rings is 1. The smallest absolute Gasteiger partial charge is 0.262 e. The molecule has 0 saturated carbocycles. The number of anilines is 2. The Hall–Kier alpha value is -1.90. The fourth-order valence-corrected chi connectivity index (χ4v) is 3.77. The molecule has 1 fully saturated rings. The summed E-state index contributed by atoms with van der Waals surface area (Å²) in [7, 11) is -4.10. The average molecular weight is 389 g/mol. The highest BCUT2D eigenvalue weighted by Gasteiger charge is 2.21. The van der Waals surface area contributed by atoms with Gasteiger partial charge in [0.15, 0.2) is 11.6 Å². The van der Waals surface area contributed by atoms with Gasteiger partial charge in [-0.25, -0.2) is 17.2 Å². The number of nitrogens with one attached hydrogen (secondary N) is 1. The number of benzene rings is 2. The molecule has 1 aliphatic rings. The summed E-state index contributed by atoms with van der Waals surface area (Å²) in [4.78, 5) is 1.59. The summed E-state index contributed by atoms with van der Waals surface area (Å²) in [5.74, 6) is -2.35. The second kappa shape index (κ2) is 7.15. The quantitative estimate of drug-likeness (QED) is 0.873. The zero-order valence-corrected chi connectivity index (χ0v) is 14.6. The molecule has 0 aromatic heterocycles. The predicted molar refractivity (Wildman–Crippen MR) is 91.7 cm³/mol. The number of rotatable bonds is 4. The molecular formula is C16H15ClF2N2O3S. The summed E-state index contributed by atoms with van der Waals surface area (Å²) < 4.78 is 59.2. The number of halogens is 3. The molecule has 25 heavy (non-hydrogen) atoms. The van der Waals surface area contributed by atoms with Crippen LogP contribution in [0.4, 0.5) is 20.2 Å². The summed E-state index contributed by atoms with van der Waals surface area (Å²) in [5.41, 5.74) is 0.901. The first-order valence-electron chi connectivity index (χ1n) is 7.47. The maximum absolute atomic E-state index is 13.4. The van der Waals surface area contributed by atoms with Gasteiger partial charge in [-0.2, -0.15) is 0 Å². The average Bonchev–Trinajstić information content (AvgIpc) is 2.58. The van der Waals surface area contributed by atoms with Gasteiger partial charge in [0.05, 0.1) is 29.5 Å². The van der Waals surface area contributed by atoms with Gasteiger partial charge in [0.25, 0.3) is 10.0 Å². The first-order chi connectivity index (χ1) is 11.9. The number of ether oxygens (including phenoxy) is 1. The molecule has 2 aromatic rings. The highest BCUT2D eigenvalue weighted by molar-refractivity contribution is 7.92. The predicted octanol–water partition coefficient (Wildman–Crippen LogP) is 3.26. The van der Waals surface area contributed by atoms with E-state index in [9.17, 15) is 17.2 Å².